The lowest BCUT2D eigenvalue weighted by Crippen LogP contribution is -2.48. The summed E-state index contributed by atoms with van der Waals surface area (Å²) in [4.78, 5) is 14.1. The highest BCUT2D eigenvalue weighted by Crippen LogP contribution is 2.20. The summed E-state index contributed by atoms with van der Waals surface area (Å²) >= 11 is 0. The first-order valence-electron chi connectivity index (χ1n) is 6.87. The molecule has 4 nitrogen and oxygen atoms in total. The molecular formula is C13H24N2O2. The van der Waals surface area contributed by atoms with Crippen molar-refractivity contribution < 1.29 is 9.53 Å². The van der Waals surface area contributed by atoms with Crippen molar-refractivity contribution in [3.8, 4) is 0 Å². The lowest BCUT2D eigenvalue weighted by atomic mass is 9.96. The quantitative estimate of drug-likeness (QED) is 0.821. The third-order valence-electron chi connectivity index (χ3n) is 3.93. The number of methoxy groups -OCH3 is 1. The molecule has 1 heterocycles. The van der Waals surface area contributed by atoms with E-state index in [1.165, 1.54) is 19.3 Å². The molecule has 1 saturated heterocycles. The van der Waals surface area contributed by atoms with E-state index < -0.39 is 0 Å². The van der Waals surface area contributed by atoms with Crippen molar-refractivity contribution in [2.24, 2.45) is 0 Å². The summed E-state index contributed by atoms with van der Waals surface area (Å²) in [5.41, 5.74) is 0. The van der Waals surface area contributed by atoms with E-state index in [0.29, 0.717) is 12.6 Å². The molecule has 1 saturated carbocycles. The first-order valence-corrected chi connectivity index (χ1v) is 6.87. The van der Waals surface area contributed by atoms with Gasteiger partial charge in [0.2, 0.25) is 0 Å². The van der Waals surface area contributed by atoms with Gasteiger partial charge in [-0.1, -0.05) is 19.3 Å². The first-order chi connectivity index (χ1) is 8.31. The Morgan fingerprint density at radius 1 is 1.24 bits per heavy atom. The second-order valence-electron chi connectivity index (χ2n) is 5.23. The van der Waals surface area contributed by atoms with Gasteiger partial charge in [0.05, 0.1) is 12.6 Å². The van der Waals surface area contributed by atoms with E-state index in [1.807, 2.05) is 4.90 Å². The Kier molecular flexibility index (Phi) is 4.66. The molecule has 0 aromatic heterocycles. The fourth-order valence-corrected chi connectivity index (χ4v) is 2.97. The van der Waals surface area contributed by atoms with Crippen molar-refractivity contribution in [3.63, 3.8) is 0 Å². The molecule has 1 unspecified atom stereocenters. The first kappa shape index (κ1) is 12.7. The summed E-state index contributed by atoms with van der Waals surface area (Å²) in [6.07, 6.45) is 8.31. The number of rotatable bonds is 3. The second kappa shape index (κ2) is 6.24. The largest absolute Gasteiger partial charge is 0.383 e. The molecule has 2 fully saturated rings. The molecule has 2 amide bonds. The predicted molar refractivity (Wildman–Crippen MR) is 67.0 cm³/mol. The number of ether oxygens (including phenoxy) is 1. The minimum absolute atomic E-state index is 0.122. The molecular weight excluding hydrogens is 216 g/mol. The van der Waals surface area contributed by atoms with Crippen LogP contribution in [0.25, 0.3) is 0 Å². The third-order valence-corrected chi connectivity index (χ3v) is 3.93. The molecule has 0 aromatic rings. The Morgan fingerprint density at radius 2 is 2.00 bits per heavy atom. The van der Waals surface area contributed by atoms with Crippen molar-refractivity contribution in [2.45, 2.75) is 57.0 Å². The normalized spacial score (nSPS) is 26.2. The van der Waals surface area contributed by atoms with Gasteiger partial charge in [-0.2, -0.15) is 0 Å². The van der Waals surface area contributed by atoms with Gasteiger partial charge in [0.15, 0.2) is 0 Å². The second-order valence-corrected chi connectivity index (χ2v) is 5.23. The summed E-state index contributed by atoms with van der Waals surface area (Å²) in [5.74, 6) is 0. The molecule has 0 bridgehead atoms. The van der Waals surface area contributed by atoms with Crippen LogP contribution in [0.2, 0.25) is 0 Å². The number of carbonyl (C=O) groups excluding carboxylic acids is 1. The Hall–Kier alpha value is -0.770. The Labute approximate surface area is 104 Å². The molecule has 17 heavy (non-hydrogen) atoms. The van der Waals surface area contributed by atoms with Crippen LogP contribution in [0.5, 0.6) is 0 Å². The lowest BCUT2D eigenvalue weighted by molar-refractivity contribution is 0.121. The number of amides is 2. The number of nitrogens with one attached hydrogen (secondary N) is 1. The lowest BCUT2D eigenvalue weighted by Gasteiger charge is -2.29. The molecule has 0 radical (unpaired) electrons. The zero-order valence-electron chi connectivity index (χ0n) is 10.8. The standard InChI is InChI=1S/C13H24N2O2/c1-17-10-12-8-5-9-15(12)13(16)14-11-6-3-2-4-7-11/h11-12H,2-10H2,1H3,(H,14,16). The van der Waals surface area contributed by atoms with Crippen LogP contribution in [0, 0.1) is 0 Å². The average Bonchev–Trinajstić information content (AvgIpc) is 2.79. The van der Waals surface area contributed by atoms with Crippen molar-refractivity contribution in [3.05, 3.63) is 0 Å². The van der Waals surface area contributed by atoms with Gasteiger partial charge in [0.1, 0.15) is 0 Å². The van der Waals surface area contributed by atoms with Crippen LogP contribution < -0.4 is 5.32 Å². The van der Waals surface area contributed by atoms with Crippen LogP contribution in [-0.2, 0) is 4.74 Å². The van der Waals surface area contributed by atoms with E-state index in [4.69, 9.17) is 4.74 Å². The molecule has 1 N–H and O–H groups in total. The van der Waals surface area contributed by atoms with Crippen LogP contribution >= 0.6 is 0 Å². The maximum Gasteiger partial charge on any atom is 0.317 e. The Morgan fingerprint density at radius 3 is 2.71 bits per heavy atom. The highest BCUT2D eigenvalue weighted by atomic mass is 16.5. The zero-order valence-corrected chi connectivity index (χ0v) is 10.8. The number of carbonyl (C=O) groups is 1. The molecule has 2 aliphatic rings. The average molecular weight is 240 g/mol. The van der Waals surface area contributed by atoms with Crippen LogP contribution in [-0.4, -0.2) is 43.3 Å². The van der Waals surface area contributed by atoms with Crippen LogP contribution in [0.3, 0.4) is 0 Å². The van der Waals surface area contributed by atoms with Gasteiger partial charge >= 0.3 is 6.03 Å². The summed E-state index contributed by atoms with van der Waals surface area (Å²) < 4.78 is 5.17. The van der Waals surface area contributed by atoms with Gasteiger partial charge in [-0.3, -0.25) is 0 Å². The van der Waals surface area contributed by atoms with E-state index in [2.05, 4.69) is 5.32 Å². The molecule has 1 atom stereocenters. The number of hydrogen-bond acceptors (Lipinski definition) is 2. The molecule has 4 heteroatoms. The Bertz CT molecular complexity index is 252. The van der Waals surface area contributed by atoms with Gasteiger partial charge in [0, 0.05) is 19.7 Å². The van der Waals surface area contributed by atoms with Gasteiger partial charge < -0.3 is 15.0 Å². The number of nitrogens with zero attached hydrogens (tertiary/aromatic N) is 1. The third kappa shape index (κ3) is 3.35. The molecule has 1 aliphatic heterocycles. The molecule has 0 aromatic carbocycles. The fraction of sp³-hybridized carbons (Fsp3) is 0.923. The summed E-state index contributed by atoms with van der Waals surface area (Å²) in [6.45, 7) is 1.55. The maximum atomic E-state index is 12.2. The number of urea groups is 1. The fourth-order valence-electron chi connectivity index (χ4n) is 2.97. The van der Waals surface area contributed by atoms with Crippen molar-refractivity contribution >= 4 is 6.03 Å². The monoisotopic (exact) mass is 240 g/mol. The van der Waals surface area contributed by atoms with Crippen molar-refractivity contribution in [1.29, 1.82) is 0 Å². The smallest absolute Gasteiger partial charge is 0.317 e. The predicted octanol–water partition coefficient (Wildman–Crippen LogP) is 2.14. The van der Waals surface area contributed by atoms with E-state index in [1.54, 1.807) is 7.11 Å². The van der Waals surface area contributed by atoms with Crippen LogP contribution in [0.15, 0.2) is 0 Å². The molecule has 2 rings (SSSR count). The highest BCUT2D eigenvalue weighted by Gasteiger charge is 2.29. The van der Waals surface area contributed by atoms with E-state index in [9.17, 15) is 4.79 Å². The highest BCUT2D eigenvalue weighted by molar-refractivity contribution is 5.75. The molecule has 1 aliphatic carbocycles. The van der Waals surface area contributed by atoms with E-state index >= 15 is 0 Å². The maximum absolute atomic E-state index is 12.2. The Balaban J connectivity index is 1.81. The minimum atomic E-state index is 0.122. The SMILES string of the molecule is COCC1CCCN1C(=O)NC1CCCCC1. The van der Waals surface area contributed by atoms with Gasteiger partial charge in [-0.25, -0.2) is 4.79 Å². The number of hydrogen-bond donors (Lipinski definition) is 1. The van der Waals surface area contributed by atoms with E-state index in [0.717, 1.165) is 32.2 Å². The molecule has 98 valence electrons. The summed E-state index contributed by atoms with van der Waals surface area (Å²) in [7, 11) is 1.70. The van der Waals surface area contributed by atoms with E-state index in [-0.39, 0.29) is 12.1 Å². The van der Waals surface area contributed by atoms with Crippen LogP contribution in [0.4, 0.5) is 4.79 Å². The van der Waals surface area contributed by atoms with Gasteiger partial charge in [-0.15, -0.1) is 0 Å². The minimum Gasteiger partial charge on any atom is -0.383 e. The van der Waals surface area contributed by atoms with Crippen LogP contribution in [0.1, 0.15) is 44.9 Å². The summed E-state index contributed by atoms with van der Waals surface area (Å²) in [5, 5.41) is 3.18. The van der Waals surface area contributed by atoms with Gasteiger partial charge in [-0.05, 0) is 25.7 Å². The van der Waals surface area contributed by atoms with Crippen molar-refractivity contribution in [2.75, 3.05) is 20.3 Å². The number of likely N-dealkylation sites (tertiary alicyclic amines) is 1. The zero-order chi connectivity index (χ0) is 12.1. The summed E-state index contributed by atoms with van der Waals surface area (Å²) in [6, 6.07) is 0.806. The topological polar surface area (TPSA) is 41.6 Å². The molecule has 0 spiro atoms. The van der Waals surface area contributed by atoms with Gasteiger partial charge in [0.25, 0.3) is 0 Å². The van der Waals surface area contributed by atoms with Crippen molar-refractivity contribution in [1.82, 2.24) is 10.2 Å².